The molecule has 0 radical (unpaired) electrons. The van der Waals surface area contributed by atoms with Crippen LogP contribution in [0, 0.1) is 0 Å². The summed E-state index contributed by atoms with van der Waals surface area (Å²) in [6.45, 7) is 0. The van der Waals surface area contributed by atoms with Crippen LogP contribution in [0.5, 0.6) is 0 Å². The van der Waals surface area contributed by atoms with Crippen molar-refractivity contribution in [3.8, 4) is 0 Å². The van der Waals surface area contributed by atoms with Gasteiger partial charge in [0.15, 0.2) is 11.3 Å². The Labute approximate surface area is 116 Å². The first-order valence-corrected chi connectivity index (χ1v) is 6.25. The van der Waals surface area contributed by atoms with Gasteiger partial charge in [-0.25, -0.2) is 14.5 Å². The highest BCUT2D eigenvalue weighted by Gasteiger charge is 2.11. The number of amides is 1. The molecule has 94 valence electrons. The maximum absolute atomic E-state index is 12.0. The van der Waals surface area contributed by atoms with E-state index in [1.165, 1.54) is 0 Å². The molecule has 19 heavy (non-hydrogen) atoms. The first-order valence-electron chi connectivity index (χ1n) is 5.46. The van der Waals surface area contributed by atoms with Gasteiger partial charge < -0.3 is 5.32 Å². The smallest absolute Gasteiger partial charge is 0.277 e. The summed E-state index contributed by atoms with van der Waals surface area (Å²) in [7, 11) is 0. The van der Waals surface area contributed by atoms with Crippen LogP contribution in [0.1, 0.15) is 10.5 Å². The molecule has 0 aliphatic heterocycles. The van der Waals surface area contributed by atoms with Crippen LogP contribution in [-0.4, -0.2) is 25.5 Å². The lowest BCUT2D eigenvalue weighted by atomic mass is 10.4. The second kappa shape index (κ2) is 4.77. The predicted octanol–water partition coefficient (Wildman–Crippen LogP) is 2.14. The van der Waals surface area contributed by atoms with Crippen molar-refractivity contribution in [2.45, 2.75) is 0 Å². The van der Waals surface area contributed by atoms with Crippen LogP contribution < -0.4 is 5.32 Å². The molecule has 0 aromatic carbocycles. The van der Waals surface area contributed by atoms with Gasteiger partial charge in [-0.1, -0.05) is 0 Å². The van der Waals surface area contributed by atoms with Crippen LogP contribution in [0.3, 0.4) is 0 Å². The molecule has 0 saturated carbocycles. The van der Waals surface area contributed by atoms with E-state index in [4.69, 9.17) is 0 Å². The van der Waals surface area contributed by atoms with Crippen molar-refractivity contribution >= 4 is 33.3 Å². The number of pyridine rings is 1. The third kappa shape index (κ3) is 2.45. The van der Waals surface area contributed by atoms with Gasteiger partial charge >= 0.3 is 0 Å². The topological polar surface area (TPSA) is 72.2 Å². The van der Waals surface area contributed by atoms with E-state index in [9.17, 15) is 4.79 Å². The van der Waals surface area contributed by atoms with Gasteiger partial charge in [-0.15, -0.1) is 0 Å². The molecule has 0 spiro atoms. The summed E-state index contributed by atoms with van der Waals surface area (Å²) in [6.07, 6.45) is 4.99. The summed E-state index contributed by atoms with van der Waals surface area (Å²) in [5.41, 5.74) is 0.917. The Balaban J connectivity index is 1.85. The van der Waals surface area contributed by atoms with Gasteiger partial charge in [0, 0.05) is 29.1 Å². The van der Waals surface area contributed by atoms with Crippen molar-refractivity contribution in [1.82, 2.24) is 19.6 Å². The van der Waals surface area contributed by atoms with Crippen LogP contribution in [0.25, 0.3) is 5.65 Å². The molecule has 1 N–H and O–H groups in total. The fraction of sp³-hybridized carbons (Fsp3) is 0. The number of aromatic nitrogens is 4. The molecule has 0 aliphatic rings. The zero-order valence-electron chi connectivity index (χ0n) is 9.62. The molecule has 1 amide bonds. The maximum atomic E-state index is 12.0. The van der Waals surface area contributed by atoms with Crippen molar-refractivity contribution in [3.05, 3.63) is 53.0 Å². The molecule has 6 nitrogen and oxygen atoms in total. The maximum Gasteiger partial charge on any atom is 0.277 e. The number of hydrogen-bond donors (Lipinski definition) is 1. The minimum atomic E-state index is -0.319. The van der Waals surface area contributed by atoms with Gasteiger partial charge in [0.25, 0.3) is 5.91 Å². The minimum absolute atomic E-state index is 0.295. The molecule has 3 aromatic rings. The van der Waals surface area contributed by atoms with Crippen LogP contribution in [0.4, 0.5) is 5.82 Å². The Morgan fingerprint density at radius 2 is 2.21 bits per heavy atom. The van der Waals surface area contributed by atoms with Gasteiger partial charge in [-0.05, 0) is 34.1 Å². The minimum Gasteiger partial charge on any atom is -0.305 e. The van der Waals surface area contributed by atoms with Crippen molar-refractivity contribution in [2.75, 3.05) is 5.32 Å². The highest BCUT2D eigenvalue weighted by Crippen LogP contribution is 2.11. The van der Waals surface area contributed by atoms with E-state index in [1.807, 2.05) is 0 Å². The van der Waals surface area contributed by atoms with E-state index in [-0.39, 0.29) is 5.91 Å². The number of carbonyl (C=O) groups excluding carboxylic acids is 1. The standard InChI is InChI=1S/C12H8BrN5O/c13-8-2-3-10(15-7-8)16-12(19)9-6-11-14-4-1-5-18(11)17-9/h1-7H,(H,15,16,19). The summed E-state index contributed by atoms with van der Waals surface area (Å²) in [5, 5.41) is 6.80. The number of anilines is 1. The normalized spacial score (nSPS) is 10.6. The molecule has 3 aromatic heterocycles. The van der Waals surface area contributed by atoms with Crippen molar-refractivity contribution in [3.63, 3.8) is 0 Å². The zero-order valence-corrected chi connectivity index (χ0v) is 11.2. The second-order valence-corrected chi connectivity index (χ2v) is 4.68. The van der Waals surface area contributed by atoms with Gasteiger partial charge in [0.1, 0.15) is 5.82 Å². The third-order valence-corrected chi connectivity index (χ3v) is 2.91. The predicted molar refractivity (Wildman–Crippen MR) is 72.9 cm³/mol. The highest BCUT2D eigenvalue weighted by molar-refractivity contribution is 9.10. The Hall–Kier alpha value is -2.28. The lowest BCUT2D eigenvalue weighted by Gasteiger charge is -2.01. The summed E-state index contributed by atoms with van der Waals surface area (Å²) in [6, 6.07) is 6.87. The van der Waals surface area contributed by atoms with Gasteiger partial charge in [-0.3, -0.25) is 4.79 Å². The van der Waals surface area contributed by atoms with Crippen LogP contribution >= 0.6 is 15.9 Å². The number of halogens is 1. The number of nitrogens with zero attached hydrogens (tertiary/aromatic N) is 4. The van der Waals surface area contributed by atoms with Crippen LogP contribution in [-0.2, 0) is 0 Å². The average Bonchev–Trinajstić information content (AvgIpc) is 2.85. The highest BCUT2D eigenvalue weighted by atomic mass is 79.9. The lowest BCUT2D eigenvalue weighted by Crippen LogP contribution is -2.13. The van der Waals surface area contributed by atoms with E-state index in [0.29, 0.717) is 17.2 Å². The molecule has 0 atom stereocenters. The summed E-state index contributed by atoms with van der Waals surface area (Å²) < 4.78 is 2.40. The molecule has 7 heteroatoms. The van der Waals surface area contributed by atoms with Crippen LogP contribution in [0.15, 0.2) is 47.3 Å². The molecule has 0 fully saturated rings. The first kappa shape index (κ1) is 11.8. The Morgan fingerprint density at radius 1 is 1.32 bits per heavy atom. The number of carbonyl (C=O) groups is 1. The molecule has 0 aliphatic carbocycles. The Kier molecular flexibility index (Phi) is 2.96. The van der Waals surface area contributed by atoms with E-state index < -0.39 is 0 Å². The SMILES string of the molecule is O=C(Nc1ccc(Br)cn1)c1cc2ncccn2n1. The molecular formula is C12H8BrN5O. The quantitative estimate of drug-likeness (QED) is 0.786. The van der Waals surface area contributed by atoms with E-state index in [2.05, 4.69) is 36.3 Å². The van der Waals surface area contributed by atoms with Crippen molar-refractivity contribution in [1.29, 1.82) is 0 Å². The zero-order chi connectivity index (χ0) is 13.2. The van der Waals surface area contributed by atoms with Crippen molar-refractivity contribution in [2.24, 2.45) is 0 Å². The first-order chi connectivity index (χ1) is 9.22. The number of rotatable bonds is 2. The average molecular weight is 318 g/mol. The molecule has 0 unspecified atom stereocenters. The fourth-order valence-corrected chi connectivity index (χ4v) is 1.81. The summed E-state index contributed by atoms with van der Waals surface area (Å²) in [4.78, 5) is 20.2. The number of fused-ring (bicyclic) bond motifs is 1. The van der Waals surface area contributed by atoms with E-state index >= 15 is 0 Å². The summed E-state index contributed by atoms with van der Waals surface area (Å²) in [5.74, 6) is 0.151. The Bertz CT molecular complexity index is 704. The van der Waals surface area contributed by atoms with Gasteiger partial charge in [-0.2, -0.15) is 5.10 Å². The second-order valence-electron chi connectivity index (χ2n) is 3.77. The van der Waals surface area contributed by atoms with Gasteiger partial charge in [0.2, 0.25) is 0 Å². The molecule has 3 rings (SSSR count). The molecule has 0 saturated heterocycles. The molecule has 0 bridgehead atoms. The number of hydrogen-bond acceptors (Lipinski definition) is 4. The largest absolute Gasteiger partial charge is 0.305 e. The third-order valence-electron chi connectivity index (χ3n) is 2.44. The lowest BCUT2D eigenvalue weighted by molar-refractivity contribution is 0.102. The summed E-state index contributed by atoms with van der Waals surface area (Å²) >= 11 is 3.28. The van der Waals surface area contributed by atoms with Gasteiger partial charge in [0.05, 0.1) is 0 Å². The fourth-order valence-electron chi connectivity index (χ4n) is 1.57. The van der Waals surface area contributed by atoms with Crippen LogP contribution in [0.2, 0.25) is 0 Å². The molecular weight excluding hydrogens is 310 g/mol. The van der Waals surface area contributed by atoms with E-state index in [1.54, 1.807) is 47.4 Å². The Morgan fingerprint density at radius 3 is 2.95 bits per heavy atom. The van der Waals surface area contributed by atoms with E-state index in [0.717, 1.165) is 4.47 Å². The number of nitrogens with one attached hydrogen (secondary N) is 1. The van der Waals surface area contributed by atoms with Crippen molar-refractivity contribution < 1.29 is 4.79 Å². The monoisotopic (exact) mass is 317 g/mol. The molecule has 3 heterocycles.